The van der Waals surface area contributed by atoms with Crippen LogP contribution in [0.5, 0.6) is 0 Å². The van der Waals surface area contributed by atoms with E-state index < -0.39 is 6.04 Å². The Kier molecular flexibility index (Phi) is 7.37. The van der Waals surface area contributed by atoms with Gasteiger partial charge in [0.2, 0.25) is 11.8 Å². The van der Waals surface area contributed by atoms with Crippen LogP contribution in [0, 0.1) is 6.92 Å². The molecule has 0 radical (unpaired) electrons. The second kappa shape index (κ2) is 11.2. The first kappa shape index (κ1) is 24.4. The first-order chi connectivity index (χ1) is 18.1. The van der Waals surface area contributed by atoms with Crippen LogP contribution in [0.3, 0.4) is 0 Å². The molecule has 0 fully saturated rings. The quantitative estimate of drug-likeness (QED) is 0.307. The first-order valence-electron chi connectivity index (χ1n) is 12.1. The van der Waals surface area contributed by atoms with Crippen molar-refractivity contribution in [2.45, 2.75) is 32.6 Å². The molecule has 0 saturated heterocycles. The average molecular weight is 510 g/mol. The molecule has 2 amide bonds. The Morgan fingerprint density at radius 3 is 2.49 bits per heavy atom. The van der Waals surface area contributed by atoms with Gasteiger partial charge in [0.25, 0.3) is 0 Å². The smallest absolute Gasteiger partial charge is 0.247 e. The summed E-state index contributed by atoms with van der Waals surface area (Å²) in [7, 11) is 0. The van der Waals surface area contributed by atoms with Gasteiger partial charge >= 0.3 is 0 Å². The molecule has 5 aromatic rings. The van der Waals surface area contributed by atoms with Gasteiger partial charge in [-0.2, -0.15) is 0 Å². The zero-order valence-corrected chi connectivity index (χ0v) is 21.3. The Labute approximate surface area is 219 Å². The molecule has 186 valence electrons. The lowest BCUT2D eigenvalue weighted by molar-refractivity contribution is -0.142. The normalized spacial score (nSPS) is 11.8. The number of aryl methyl sites for hydroxylation is 1. The van der Waals surface area contributed by atoms with Crippen LogP contribution in [0.2, 0.25) is 0 Å². The summed E-state index contributed by atoms with van der Waals surface area (Å²) in [5, 5.41) is 13.4. The van der Waals surface area contributed by atoms with E-state index >= 15 is 0 Å². The Morgan fingerprint density at radius 1 is 0.946 bits per heavy atom. The van der Waals surface area contributed by atoms with E-state index in [2.05, 4.69) is 15.6 Å². The monoisotopic (exact) mass is 509 g/mol. The van der Waals surface area contributed by atoms with Crippen molar-refractivity contribution < 1.29 is 9.59 Å². The van der Waals surface area contributed by atoms with Gasteiger partial charge in [-0.15, -0.1) is 16.4 Å². The third-order valence-electron chi connectivity index (χ3n) is 6.28. The highest BCUT2D eigenvalue weighted by molar-refractivity contribution is 7.09. The SMILES string of the molecule is Cc1ccccc1[C@@H](C(=O)NCc1ccccc1)N(Cc1cccs1)C(=O)Cn1nnc2ccccc21. The number of hydrogen-bond acceptors (Lipinski definition) is 5. The van der Waals surface area contributed by atoms with E-state index in [1.165, 1.54) is 0 Å². The number of thiophene rings is 1. The number of nitrogens with zero attached hydrogens (tertiary/aromatic N) is 4. The molecule has 37 heavy (non-hydrogen) atoms. The summed E-state index contributed by atoms with van der Waals surface area (Å²) in [6, 6.07) is 28.1. The molecule has 3 aromatic carbocycles. The van der Waals surface area contributed by atoms with Crippen molar-refractivity contribution in [1.29, 1.82) is 0 Å². The molecule has 1 atom stereocenters. The van der Waals surface area contributed by atoms with Crippen molar-refractivity contribution in [3.63, 3.8) is 0 Å². The Bertz CT molecular complexity index is 1500. The molecule has 5 rings (SSSR count). The van der Waals surface area contributed by atoms with Gasteiger partial charge in [0.05, 0.1) is 12.1 Å². The van der Waals surface area contributed by atoms with Crippen LogP contribution in [0.25, 0.3) is 11.0 Å². The number of carbonyl (C=O) groups excluding carboxylic acids is 2. The average Bonchev–Trinajstić information content (AvgIpc) is 3.59. The summed E-state index contributed by atoms with van der Waals surface area (Å²) in [5.74, 6) is -0.446. The lowest BCUT2D eigenvalue weighted by Gasteiger charge is -2.32. The fraction of sp³-hybridized carbons (Fsp3) is 0.172. The maximum atomic E-state index is 13.9. The summed E-state index contributed by atoms with van der Waals surface area (Å²) >= 11 is 1.56. The Balaban J connectivity index is 1.50. The predicted octanol–water partition coefficient (Wildman–Crippen LogP) is 4.89. The highest BCUT2D eigenvalue weighted by atomic mass is 32.1. The molecule has 8 heteroatoms. The van der Waals surface area contributed by atoms with E-state index in [1.54, 1.807) is 20.9 Å². The van der Waals surface area contributed by atoms with Crippen molar-refractivity contribution in [3.8, 4) is 0 Å². The summed E-state index contributed by atoms with van der Waals surface area (Å²) in [6.45, 7) is 2.61. The highest BCUT2D eigenvalue weighted by Gasteiger charge is 2.33. The van der Waals surface area contributed by atoms with Gasteiger partial charge in [-0.3, -0.25) is 9.59 Å². The number of carbonyl (C=O) groups is 2. The van der Waals surface area contributed by atoms with E-state index in [1.807, 2.05) is 103 Å². The Morgan fingerprint density at radius 2 is 1.70 bits per heavy atom. The molecule has 0 unspecified atom stereocenters. The standard InChI is InChI=1S/C29H27N5O2S/c1-21-10-5-6-14-24(21)28(29(36)30-18-22-11-3-2-4-12-22)33(19-23-13-9-17-37-23)27(35)20-34-26-16-8-7-15-25(26)31-32-34/h2-17,28H,18-20H2,1H3,(H,30,36)/t28-/m0/s1. The van der Waals surface area contributed by atoms with Gasteiger partial charge in [0, 0.05) is 11.4 Å². The summed E-state index contributed by atoms with van der Waals surface area (Å²) in [5.41, 5.74) is 4.22. The minimum atomic E-state index is -0.811. The third kappa shape index (κ3) is 5.59. The maximum Gasteiger partial charge on any atom is 0.247 e. The number of para-hydroxylation sites is 1. The molecular weight excluding hydrogens is 482 g/mol. The molecule has 0 saturated carbocycles. The number of fused-ring (bicyclic) bond motifs is 1. The number of rotatable bonds is 9. The van der Waals surface area contributed by atoms with E-state index in [0.29, 0.717) is 13.1 Å². The number of hydrogen-bond donors (Lipinski definition) is 1. The zero-order chi connectivity index (χ0) is 25.6. The first-order valence-corrected chi connectivity index (χ1v) is 13.0. The third-order valence-corrected chi connectivity index (χ3v) is 7.15. The van der Waals surface area contributed by atoms with Crippen molar-refractivity contribution in [2.75, 3.05) is 0 Å². The fourth-order valence-electron chi connectivity index (χ4n) is 4.37. The molecular formula is C29H27N5O2S. The molecule has 2 heterocycles. The molecule has 0 bridgehead atoms. The van der Waals surface area contributed by atoms with E-state index in [-0.39, 0.29) is 18.4 Å². The summed E-state index contributed by atoms with van der Waals surface area (Å²) < 4.78 is 1.59. The van der Waals surface area contributed by atoms with Gasteiger partial charge < -0.3 is 10.2 Å². The van der Waals surface area contributed by atoms with Gasteiger partial charge in [-0.25, -0.2) is 4.68 Å². The lowest BCUT2D eigenvalue weighted by atomic mass is 9.98. The van der Waals surface area contributed by atoms with Crippen LogP contribution in [0.4, 0.5) is 0 Å². The molecule has 0 aliphatic heterocycles. The van der Waals surface area contributed by atoms with Crippen molar-refractivity contribution in [2.24, 2.45) is 0 Å². The van der Waals surface area contributed by atoms with E-state index in [9.17, 15) is 9.59 Å². The second-order valence-electron chi connectivity index (χ2n) is 8.80. The predicted molar refractivity (Wildman–Crippen MR) is 145 cm³/mol. The molecule has 2 aromatic heterocycles. The van der Waals surface area contributed by atoms with Gasteiger partial charge in [0.15, 0.2) is 0 Å². The Hall–Kier alpha value is -4.30. The number of aromatic nitrogens is 3. The molecule has 7 nitrogen and oxygen atoms in total. The van der Waals surface area contributed by atoms with Crippen molar-refractivity contribution in [3.05, 3.63) is 118 Å². The molecule has 0 aliphatic rings. The van der Waals surface area contributed by atoms with Gasteiger partial charge in [0.1, 0.15) is 18.1 Å². The minimum absolute atomic E-state index is 0.0275. The zero-order valence-electron chi connectivity index (χ0n) is 20.4. The number of amides is 2. The van der Waals surface area contributed by atoms with E-state index in [4.69, 9.17) is 0 Å². The van der Waals surface area contributed by atoms with Gasteiger partial charge in [-0.1, -0.05) is 78.0 Å². The summed E-state index contributed by atoms with van der Waals surface area (Å²) in [6.07, 6.45) is 0. The van der Waals surface area contributed by atoms with E-state index in [0.717, 1.165) is 32.6 Å². The molecule has 0 spiro atoms. The van der Waals surface area contributed by atoms with Crippen molar-refractivity contribution >= 4 is 34.2 Å². The lowest BCUT2D eigenvalue weighted by Crippen LogP contribution is -2.44. The number of benzene rings is 3. The van der Waals surface area contributed by atoms with Crippen LogP contribution in [0.15, 0.2) is 96.4 Å². The van der Waals surface area contributed by atoms with Crippen LogP contribution in [-0.2, 0) is 29.2 Å². The second-order valence-corrected chi connectivity index (χ2v) is 9.83. The van der Waals surface area contributed by atoms with Crippen LogP contribution >= 0.6 is 11.3 Å². The number of nitrogens with one attached hydrogen (secondary N) is 1. The van der Waals surface area contributed by atoms with Crippen LogP contribution in [0.1, 0.15) is 27.6 Å². The topological polar surface area (TPSA) is 80.1 Å². The molecule has 0 aliphatic carbocycles. The van der Waals surface area contributed by atoms with Crippen LogP contribution < -0.4 is 5.32 Å². The van der Waals surface area contributed by atoms with Crippen molar-refractivity contribution in [1.82, 2.24) is 25.2 Å². The largest absolute Gasteiger partial charge is 0.350 e. The molecule has 1 N–H and O–H groups in total. The van der Waals surface area contributed by atoms with Gasteiger partial charge in [-0.05, 0) is 47.2 Å². The highest BCUT2D eigenvalue weighted by Crippen LogP contribution is 2.28. The maximum absolute atomic E-state index is 13.9. The minimum Gasteiger partial charge on any atom is -0.350 e. The fourth-order valence-corrected chi connectivity index (χ4v) is 5.08. The van der Waals surface area contributed by atoms with Crippen LogP contribution in [-0.4, -0.2) is 31.7 Å². The summed E-state index contributed by atoms with van der Waals surface area (Å²) in [4.78, 5) is 30.4.